The topological polar surface area (TPSA) is 95.8 Å². The molecule has 2 N–H and O–H groups in total. The van der Waals surface area contributed by atoms with Gasteiger partial charge >= 0.3 is 5.97 Å². The molecule has 108 valence electrons. The molecule has 2 amide bonds. The molecule has 6 nitrogen and oxygen atoms in total. The zero-order valence-corrected chi connectivity index (χ0v) is 11.5. The van der Waals surface area contributed by atoms with Crippen molar-refractivity contribution in [3.8, 4) is 0 Å². The predicted molar refractivity (Wildman–Crippen MR) is 72.0 cm³/mol. The number of nitrogens with zero attached hydrogens (tertiary/aromatic N) is 1. The van der Waals surface area contributed by atoms with Gasteiger partial charge in [-0.1, -0.05) is 13.8 Å². The number of carbonyl (C=O) groups is 3. The quantitative estimate of drug-likeness (QED) is 0.619. The molecule has 0 aromatic rings. The third kappa shape index (κ3) is 8.93. The highest BCUT2D eigenvalue weighted by molar-refractivity contribution is 5.90. The van der Waals surface area contributed by atoms with Gasteiger partial charge in [0.15, 0.2) is 0 Å². The fourth-order valence-corrected chi connectivity index (χ4v) is 1.53. The maximum Gasteiger partial charge on any atom is 0.303 e. The molecular formula is C13H22N2O4. The van der Waals surface area contributed by atoms with Crippen LogP contribution in [0.3, 0.4) is 0 Å². The summed E-state index contributed by atoms with van der Waals surface area (Å²) >= 11 is 0. The van der Waals surface area contributed by atoms with Crippen molar-refractivity contribution >= 4 is 24.5 Å². The summed E-state index contributed by atoms with van der Waals surface area (Å²) in [4.78, 5) is 36.7. The molecule has 19 heavy (non-hydrogen) atoms. The molecule has 0 aromatic carbocycles. The standard InChI is InChI=1S/C13H22N2O4/c1-9(2)7-8-10(13(19)14-3)15-11(16)5-4-6-12(17)18/h9-10H,3-8H2,1-2H3,(H,15,16)(H,17,18)/t10-/m0/s1. The molecule has 0 aliphatic heterocycles. The summed E-state index contributed by atoms with van der Waals surface area (Å²) in [6, 6.07) is -0.655. The first-order chi connectivity index (χ1) is 8.86. The van der Waals surface area contributed by atoms with Crippen molar-refractivity contribution in [2.45, 2.75) is 52.0 Å². The molecule has 0 aliphatic carbocycles. The Bertz CT molecular complexity index is 340. The van der Waals surface area contributed by atoms with Crippen LogP contribution in [-0.2, 0) is 14.4 Å². The summed E-state index contributed by atoms with van der Waals surface area (Å²) in [5, 5.41) is 11.1. The van der Waals surface area contributed by atoms with Gasteiger partial charge in [-0.25, -0.2) is 4.99 Å². The highest BCUT2D eigenvalue weighted by Gasteiger charge is 2.19. The highest BCUT2D eigenvalue weighted by Crippen LogP contribution is 2.08. The van der Waals surface area contributed by atoms with E-state index in [0.29, 0.717) is 12.3 Å². The molecule has 0 saturated carbocycles. The minimum atomic E-state index is -0.937. The second-order valence-electron chi connectivity index (χ2n) is 4.83. The van der Waals surface area contributed by atoms with Crippen molar-refractivity contribution in [3.63, 3.8) is 0 Å². The molecule has 1 atom stereocenters. The van der Waals surface area contributed by atoms with E-state index in [1.165, 1.54) is 0 Å². The summed E-state index contributed by atoms with van der Waals surface area (Å²) in [6.45, 7) is 7.22. The predicted octanol–water partition coefficient (Wildman–Crippen LogP) is 1.39. The molecule has 0 aromatic heterocycles. The number of carbonyl (C=O) groups excluding carboxylic acids is 2. The Labute approximate surface area is 113 Å². The zero-order valence-electron chi connectivity index (χ0n) is 11.5. The Morgan fingerprint density at radius 3 is 2.32 bits per heavy atom. The van der Waals surface area contributed by atoms with Crippen molar-refractivity contribution in [1.82, 2.24) is 5.32 Å². The number of carboxylic acid groups (broad SMARTS) is 1. The van der Waals surface area contributed by atoms with E-state index >= 15 is 0 Å². The van der Waals surface area contributed by atoms with E-state index in [0.717, 1.165) is 6.42 Å². The number of aliphatic carboxylic acids is 1. The van der Waals surface area contributed by atoms with E-state index in [-0.39, 0.29) is 25.2 Å². The number of aliphatic imine (C=N–C) groups is 1. The third-order valence-corrected chi connectivity index (χ3v) is 2.62. The van der Waals surface area contributed by atoms with Crippen LogP contribution in [0.15, 0.2) is 4.99 Å². The van der Waals surface area contributed by atoms with E-state index in [9.17, 15) is 14.4 Å². The van der Waals surface area contributed by atoms with E-state index in [1.807, 2.05) is 13.8 Å². The van der Waals surface area contributed by atoms with Crippen molar-refractivity contribution in [2.24, 2.45) is 10.9 Å². The number of carboxylic acids is 1. The van der Waals surface area contributed by atoms with Crippen molar-refractivity contribution < 1.29 is 19.5 Å². The van der Waals surface area contributed by atoms with E-state index in [2.05, 4.69) is 17.0 Å². The second-order valence-corrected chi connectivity index (χ2v) is 4.83. The normalized spacial score (nSPS) is 11.9. The monoisotopic (exact) mass is 270 g/mol. The Morgan fingerprint density at radius 1 is 1.21 bits per heavy atom. The van der Waals surface area contributed by atoms with Gasteiger partial charge < -0.3 is 10.4 Å². The summed E-state index contributed by atoms with van der Waals surface area (Å²) in [5.41, 5.74) is 0. The lowest BCUT2D eigenvalue weighted by atomic mass is 10.0. The second kappa shape index (κ2) is 9.24. The fraction of sp³-hybridized carbons (Fsp3) is 0.692. The van der Waals surface area contributed by atoms with Crippen molar-refractivity contribution in [3.05, 3.63) is 0 Å². The van der Waals surface area contributed by atoms with Gasteiger partial charge in [0, 0.05) is 12.8 Å². The summed E-state index contributed by atoms with van der Waals surface area (Å²) in [6.07, 6.45) is 1.60. The molecule has 0 spiro atoms. The van der Waals surface area contributed by atoms with Crippen LogP contribution >= 0.6 is 0 Å². The fourth-order valence-electron chi connectivity index (χ4n) is 1.53. The molecule has 0 saturated heterocycles. The van der Waals surface area contributed by atoms with Crippen molar-refractivity contribution in [2.75, 3.05) is 0 Å². The third-order valence-electron chi connectivity index (χ3n) is 2.62. The van der Waals surface area contributed by atoms with Crippen LogP contribution in [0.4, 0.5) is 0 Å². The van der Waals surface area contributed by atoms with Gasteiger partial charge in [0.25, 0.3) is 5.91 Å². The Morgan fingerprint density at radius 2 is 1.84 bits per heavy atom. The maximum atomic E-state index is 11.6. The average molecular weight is 270 g/mol. The maximum absolute atomic E-state index is 11.6. The number of nitrogens with one attached hydrogen (secondary N) is 1. The minimum Gasteiger partial charge on any atom is -0.481 e. The van der Waals surface area contributed by atoms with Crippen LogP contribution in [0, 0.1) is 5.92 Å². The molecule has 0 fully saturated rings. The summed E-state index contributed by atoms with van der Waals surface area (Å²) in [7, 11) is 0. The van der Waals surface area contributed by atoms with Crippen LogP contribution in [0.1, 0.15) is 46.0 Å². The lowest BCUT2D eigenvalue weighted by molar-refractivity contribution is -0.137. The van der Waals surface area contributed by atoms with Crippen LogP contribution in [-0.4, -0.2) is 35.6 Å². The molecule has 0 bridgehead atoms. The van der Waals surface area contributed by atoms with Gasteiger partial charge in [-0.05, 0) is 31.9 Å². The first-order valence-electron chi connectivity index (χ1n) is 6.38. The van der Waals surface area contributed by atoms with Crippen LogP contribution in [0.25, 0.3) is 0 Å². The molecule has 0 radical (unpaired) electrons. The van der Waals surface area contributed by atoms with Crippen LogP contribution < -0.4 is 5.32 Å². The number of hydrogen-bond donors (Lipinski definition) is 2. The first kappa shape index (κ1) is 17.3. The summed E-state index contributed by atoms with van der Waals surface area (Å²) in [5.74, 6) is -1.30. The van der Waals surface area contributed by atoms with Crippen LogP contribution in [0.2, 0.25) is 0 Å². The molecule has 0 aliphatic rings. The van der Waals surface area contributed by atoms with Gasteiger partial charge in [0.2, 0.25) is 5.91 Å². The highest BCUT2D eigenvalue weighted by atomic mass is 16.4. The lowest BCUT2D eigenvalue weighted by Gasteiger charge is -2.16. The largest absolute Gasteiger partial charge is 0.481 e. The zero-order chi connectivity index (χ0) is 14.8. The lowest BCUT2D eigenvalue weighted by Crippen LogP contribution is -2.40. The Kier molecular flexibility index (Phi) is 8.41. The van der Waals surface area contributed by atoms with E-state index in [1.54, 1.807) is 0 Å². The smallest absolute Gasteiger partial charge is 0.303 e. The van der Waals surface area contributed by atoms with Gasteiger partial charge in [0.1, 0.15) is 6.04 Å². The van der Waals surface area contributed by atoms with E-state index in [4.69, 9.17) is 5.11 Å². The SMILES string of the molecule is C=NC(=O)[C@H](CCC(C)C)NC(=O)CCCC(=O)O. The summed E-state index contributed by atoms with van der Waals surface area (Å²) < 4.78 is 0. The molecule has 6 heteroatoms. The number of amides is 2. The van der Waals surface area contributed by atoms with Gasteiger partial charge in [-0.15, -0.1) is 0 Å². The van der Waals surface area contributed by atoms with Gasteiger partial charge in [-0.3, -0.25) is 14.4 Å². The number of rotatable bonds is 9. The molecular weight excluding hydrogens is 248 g/mol. The van der Waals surface area contributed by atoms with Crippen molar-refractivity contribution in [1.29, 1.82) is 0 Å². The Hall–Kier alpha value is -1.72. The minimum absolute atomic E-state index is 0.0578. The molecule has 0 unspecified atom stereocenters. The number of hydrogen-bond acceptors (Lipinski definition) is 3. The van der Waals surface area contributed by atoms with E-state index < -0.39 is 17.9 Å². The molecule has 0 heterocycles. The Balaban J connectivity index is 4.22. The molecule has 0 rings (SSSR count). The van der Waals surface area contributed by atoms with Gasteiger partial charge in [0.05, 0.1) is 0 Å². The van der Waals surface area contributed by atoms with Crippen LogP contribution in [0.5, 0.6) is 0 Å². The first-order valence-corrected chi connectivity index (χ1v) is 6.38. The van der Waals surface area contributed by atoms with Gasteiger partial charge in [-0.2, -0.15) is 0 Å². The average Bonchev–Trinajstić information content (AvgIpc) is 2.32.